The molecular weight excluding hydrogens is 384 g/mol. The maximum atomic E-state index is 12.4. The van der Waals surface area contributed by atoms with Gasteiger partial charge in [-0.15, -0.1) is 0 Å². The SMILES string of the molecule is CC(C)S(=O)(=O)NC[C@H]1OCCOC(C)(C)O[C@H]1CNC(=O)c1ccccc1. The second-order valence-corrected chi connectivity index (χ2v) is 9.65. The molecule has 8 nitrogen and oxygen atoms in total. The number of nitrogens with one attached hydrogen (secondary N) is 2. The normalized spacial score (nSPS) is 23.0. The Morgan fingerprint density at radius 3 is 2.46 bits per heavy atom. The van der Waals surface area contributed by atoms with Gasteiger partial charge in [0.25, 0.3) is 5.91 Å². The highest BCUT2D eigenvalue weighted by molar-refractivity contribution is 7.90. The van der Waals surface area contributed by atoms with E-state index in [4.69, 9.17) is 14.2 Å². The molecule has 1 saturated heterocycles. The van der Waals surface area contributed by atoms with Crippen LogP contribution in [0.2, 0.25) is 0 Å². The molecule has 0 aromatic heterocycles. The van der Waals surface area contributed by atoms with Crippen molar-refractivity contribution in [2.45, 2.75) is 50.9 Å². The van der Waals surface area contributed by atoms with Crippen molar-refractivity contribution in [3.63, 3.8) is 0 Å². The number of carbonyl (C=O) groups is 1. The third-order valence-electron chi connectivity index (χ3n) is 4.32. The Bertz CT molecular complexity index is 736. The highest BCUT2D eigenvalue weighted by Crippen LogP contribution is 2.20. The zero-order valence-electron chi connectivity index (χ0n) is 16.8. The molecular formula is C19H30N2O6S. The summed E-state index contributed by atoms with van der Waals surface area (Å²) in [5.74, 6) is -1.13. The summed E-state index contributed by atoms with van der Waals surface area (Å²) in [4.78, 5) is 12.4. The van der Waals surface area contributed by atoms with E-state index in [1.54, 1.807) is 52.0 Å². The first kappa shape index (κ1) is 22.8. The van der Waals surface area contributed by atoms with Crippen LogP contribution >= 0.6 is 0 Å². The molecule has 1 aliphatic rings. The minimum atomic E-state index is -3.45. The fourth-order valence-electron chi connectivity index (χ4n) is 2.68. The fourth-order valence-corrected chi connectivity index (χ4v) is 3.41. The molecule has 1 heterocycles. The standard InChI is InChI=1S/C19H30N2O6S/c1-14(2)28(23,24)21-13-16-17(27-19(3,4)26-11-10-25-16)12-20-18(22)15-8-6-5-7-9-15/h5-9,14,16-17,21H,10-13H2,1-4H3,(H,20,22)/t16-,17+/m1/s1. The van der Waals surface area contributed by atoms with Crippen molar-refractivity contribution in [3.8, 4) is 0 Å². The number of sulfonamides is 1. The van der Waals surface area contributed by atoms with Gasteiger partial charge in [-0.2, -0.15) is 0 Å². The molecule has 0 aliphatic carbocycles. The van der Waals surface area contributed by atoms with Gasteiger partial charge in [-0.3, -0.25) is 4.79 Å². The lowest BCUT2D eigenvalue weighted by Gasteiger charge is -2.37. The van der Waals surface area contributed by atoms with E-state index in [-0.39, 0.29) is 19.0 Å². The summed E-state index contributed by atoms with van der Waals surface area (Å²) in [5.41, 5.74) is 0.529. The van der Waals surface area contributed by atoms with E-state index >= 15 is 0 Å². The summed E-state index contributed by atoms with van der Waals surface area (Å²) in [6.45, 7) is 7.57. The topological polar surface area (TPSA) is 103 Å². The van der Waals surface area contributed by atoms with Crippen molar-refractivity contribution >= 4 is 15.9 Å². The molecule has 0 radical (unpaired) electrons. The molecule has 2 N–H and O–H groups in total. The Hall–Kier alpha value is -1.52. The summed E-state index contributed by atoms with van der Waals surface area (Å²) in [5, 5.41) is 2.27. The lowest BCUT2D eigenvalue weighted by atomic mass is 10.1. The van der Waals surface area contributed by atoms with Gasteiger partial charge in [-0.1, -0.05) is 18.2 Å². The summed E-state index contributed by atoms with van der Waals surface area (Å²) in [7, 11) is -3.45. The summed E-state index contributed by atoms with van der Waals surface area (Å²) in [6.07, 6.45) is -1.18. The fraction of sp³-hybridized carbons (Fsp3) is 0.632. The average molecular weight is 415 g/mol. The number of amides is 1. The largest absolute Gasteiger partial charge is 0.372 e. The maximum Gasteiger partial charge on any atom is 0.251 e. The van der Waals surface area contributed by atoms with Gasteiger partial charge >= 0.3 is 0 Å². The third-order valence-corrected chi connectivity index (χ3v) is 6.13. The molecule has 2 atom stereocenters. The zero-order chi connectivity index (χ0) is 20.8. The minimum absolute atomic E-state index is 0.0441. The van der Waals surface area contributed by atoms with E-state index in [1.165, 1.54) is 0 Å². The van der Waals surface area contributed by atoms with Gasteiger partial charge in [0.1, 0.15) is 6.10 Å². The lowest BCUT2D eigenvalue weighted by Crippen LogP contribution is -2.53. The number of ether oxygens (including phenoxy) is 3. The number of hydrogen-bond donors (Lipinski definition) is 2. The van der Waals surface area contributed by atoms with E-state index < -0.39 is 33.3 Å². The van der Waals surface area contributed by atoms with Gasteiger partial charge in [-0.25, -0.2) is 13.1 Å². The van der Waals surface area contributed by atoms with Crippen LogP contribution in [-0.4, -0.2) is 63.9 Å². The van der Waals surface area contributed by atoms with Gasteiger partial charge in [0, 0.05) is 18.7 Å². The Labute approximate surface area is 167 Å². The Morgan fingerprint density at radius 1 is 1.14 bits per heavy atom. The van der Waals surface area contributed by atoms with E-state index in [9.17, 15) is 13.2 Å². The first-order chi connectivity index (χ1) is 13.1. The van der Waals surface area contributed by atoms with E-state index in [1.807, 2.05) is 6.07 Å². The molecule has 1 amide bonds. The summed E-state index contributed by atoms with van der Waals surface area (Å²) in [6, 6.07) is 8.83. The number of benzene rings is 1. The third kappa shape index (κ3) is 6.82. The molecule has 2 rings (SSSR count). The van der Waals surface area contributed by atoms with Crippen LogP contribution in [0.3, 0.4) is 0 Å². The van der Waals surface area contributed by atoms with Gasteiger partial charge in [-0.05, 0) is 39.8 Å². The second kappa shape index (κ2) is 9.80. The van der Waals surface area contributed by atoms with Crippen LogP contribution in [0.1, 0.15) is 38.1 Å². The lowest BCUT2D eigenvalue weighted by molar-refractivity contribution is -0.277. The molecule has 158 valence electrons. The van der Waals surface area contributed by atoms with Crippen LogP contribution in [0, 0.1) is 0 Å². The van der Waals surface area contributed by atoms with Crippen molar-refractivity contribution in [3.05, 3.63) is 35.9 Å². The zero-order valence-corrected chi connectivity index (χ0v) is 17.6. The van der Waals surface area contributed by atoms with Crippen LogP contribution < -0.4 is 10.0 Å². The monoisotopic (exact) mass is 414 g/mol. The first-order valence-electron chi connectivity index (χ1n) is 9.36. The quantitative estimate of drug-likeness (QED) is 0.697. The van der Waals surface area contributed by atoms with Crippen LogP contribution in [0.4, 0.5) is 0 Å². The Morgan fingerprint density at radius 2 is 1.82 bits per heavy atom. The van der Waals surface area contributed by atoms with Crippen molar-refractivity contribution < 1.29 is 27.4 Å². The van der Waals surface area contributed by atoms with Crippen LogP contribution in [0.5, 0.6) is 0 Å². The van der Waals surface area contributed by atoms with Gasteiger partial charge in [0.05, 0.1) is 24.6 Å². The van der Waals surface area contributed by atoms with Crippen molar-refractivity contribution in [1.29, 1.82) is 0 Å². The number of hydrogen-bond acceptors (Lipinski definition) is 6. The molecule has 28 heavy (non-hydrogen) atoms. The molecule has 0 saturated carbocycles. The van der Waals surface area contributed by atoms with Crippen LogP contribution in [-0.2, 0) is 24.2 Å². The second-order valence-electron chi connectivity index (χ2n) is 7.33. The number of rotatable bonds is 7. The van der Waals surface area contributed by atoms with Gasteiger partial charge in [0.2, 0.25) is 10.0 Å². The summed E-state index contributed by atoms with van der Waals surface area (Å²) < 4.78 is 44.2. The smallest absolute Gasteiger partial charge is 0.251 e. The van der Waals surface area contributed by atoms with Crippen molar-refractivity contribution in [2.24, 2.45) is 0 Å². The van der Waals surface area contributed by atoms with E-state index in [0.717, 1.165) is 0 Å². The van der Waals surface area contributed by atoms with Crippen molar-refractivity contribution in [2.75, 3.05) is 26.3 Å². The molecule has 9 heteroatoms. The predicted molar refractivity (Wildman–Crippen MR) is 105 cm³/mol. The van der Waals surface area contributed by atoms with E-state index in [0.29, 0.717) is 18.8 Å². The van der Waals surface area contributed by atoms with Crippen LogP contribution in [0.15, 0.2) is 30.3 Å². The van der Waals surface area contributed by atoms with Gasteiger partial charge < -0.3 is 19.5 Å². The minimum Gasteiger partial charge on any atom is -0.372 e. The molecule has 0 unspecified atom stereocenters. The molecule has 1 aliphatic heterocycles. The molecule has 1 fully saturated rings. The predicted octanol–water partition coefficient (Wildman–Crippen LogP) is 1.28. The summed E-state index contributed by atoms with van der Waals surface area (Å²) >= 11 is 0. The molecule has 1 aromatic rings. The highest BCUT2D eigenvalue weighted by atomic mass is 32.2. The Balaban J connectivity index is 2.08. The molecule has 0 spiro atoms. The Kier molecular flexibility index (Phi) is 7.97. The van der Waals surface area contributed by atoms with Crippen LogP contribution in [0.25, 0.3) is 0 Å². The maximum absolute atomic E-state index is 12.4. The van der Waals surface area contributed by atoms with Gasteiger partial charge in [0.15, 0.2) is 5.79 Å². The number of carbonyl (C=O) groups excluding carboxylic acids is 1. The molecule has 0 bridgehead atoms. The average Bonchev–Trinajstić information content (AvgIpc) is 2.63. The van der Waals surface area contributed by atoms with E-state index in [2.05, 4.69) is 10.0 Å². The first-order valence-corrected chi connectivity index (χ1v) is 10.9. The molecule has 1 aromatic carbocycles. The highest BCUT2D eigenvalue weighted by Gasteiger charge is 2.34. The van der Waals surface area contributed by atoms with Crippen molar-refractivity contribution in [1.82, 2.24) is 10.0 Å².